The van der Waals surface area contributed by atoms with Crippen molar-refractivity contribution in [3.8, 4) is 5.75 Å². The molecule has 1 unspecified atom stereocenters. The highest BCUT2D eigenvalue weighted by Crippen LogP contribution is 2.30. The van der Waals surface area contributed by atoms with Crippen molar-refractivity contribution in [2.45, 2.75) is 17.9 Å². The second kappa shape index (κ2) is 5.78. The first kappa shape index (κ1) is 14.8. The minimum atomic E-state index is -3.51. The number of sulfonamides is 1. The van der Waals surface area contributed by atoms with Gasteiger partial charge in [-0.15, -0.1) is 0 Å². The zero-order valence-electron chi connectivity index (χ0n) is 10.9. The van der Waals surface area contributed by atoms with E-state index >= 15 is 0 Å². The van der Waals surface area contributed by atoms with Crippen molar-refractivity contribution in [2.75, 3.05) is 26.7 Å². The van der Waals surface area contributed by atoms with Crippen LogP contribution in [0.4, 0.5) is 0 Å². The van der Waals surface area contributed by atoms with Crippen LogP contribution in [0.25, 0.3) is 0 Å². The molecular weight excluding hydrogens is 332 g/mol. The van der Waals surface area contributed by atoms with Gasteiger partial charge >= 0.3 is 0 Å². The number of benzene rings is 1. The quantitative estimate of drug-likeness (QED) is 0.897. The van der Waals surface area contributed by atoms with Crippen LogP contribution in [0.5, 0.6) is 5.75 Å². The molecule has 0 bridgehead atoms. The van der Waals surface area contributed by atoms with Gasteiger partial charge in [-0.1, -0.05) is 0 Å². The van der Waals surface area contributed by atoms with Crippen LogP contribution in [0, 0.1) is 0 Å². The van der Waals surface area contributed by atoms with Crippen molar-refractivity contribution in [1.82, 2.24) is 9.62 Å². The Morgan fingerprint density at radius 3 is 2.84 bits per heavy atom. The summed E-state index contributed by atoms with van der Waals surface area (Å²) in [5, 5.41) is 3.18. The molecule has 5 nitrogen and oxygen atoms in total. The van der Waals surface area contributed by atoms with E-state index in [2.05, 4.69) is 21.2 Å². The lowest BCUT2D eigenvalue weighted by molar-refractivity contribution is 0.283. The second-order valence-electron chi connectivity index (χ2n) is 4.47. The molecule has 1 heterocycles. The summed E-state index contributed by atoms with van der Waals surface area (Å²) in [5.41, 5.74) is 0. The smallest absolute Gasteiger partial charge is 0.244 e. The van der Waals surface area contributed by atoms with Crippen molar-refractivity contribution in [2.24, 2.45) is 0 Å². The number of methoxy groups -OCH3 is 1. The Morgan fingerprint density at radius 2 is 2.21 bits per heavy atom. The van der Waals surface area contributed by atoms with Gasteiger partial charge < -0.3 is 10.1 Å². The number of nitrogens with one attached hydrogen (secondary N) is 1. The highest BCUT2D eigenvalue weighted by atomic mass is 79.9. The lowest BCUT2D eigenvalue weighted by Crippen LogP contribution is -2.52. The topological polar surface area (TPSA) is 58.6 Å². The molecule has 1 fully saturated rings. The third kappa shape index (κ3) is 2.94. The SMILES string of the molecule is COc1ccc(Br)c(S(=O)(=O)N2CCNCC2C)c1. The van der Waals surface area contributed by atoms with Gasteiger partial charge in [-0.05, 0) is 35.0 Å². The molecule has 0 aliphatic carbocycles. The monoisotopic (exact) mass is 348 g/mol. The Balaban J connectivity index is 2.43. The minimum Gasteiger partial charge on any atom is -0.497 e. The van der Waals surface area contributed by atoms with Crippen LogP contribution in [0.15, 0.2) is 27.6 Å². The highest BCUT2D eigenvalue weighted by molar-refractivity contribution is 9.10. The van der Waals surface area contributed by atoms with Crippen LogP contribution < -0.4 is 10.1 Å². The predicted molar refractivity (Wildman–Crippen MR) is 76.9 cm³/mol. The lowest BCUT2D eigenvalue weighted by Gasteiger charge is -2.33. The summed E-state index contributed by atoms with van der Waals surface area (Å²) in [5.74, 6) is 0.532. The number of hydrogen-bond donors (Lipinski definition) is 1. The van der Waals surface area contributed by atoms with Crippen molar-refractivity contribution in [1.29, 1.82) is 0 Å². The summed E-state index contributed by atoms with van der Waals surface area (Å²) in [4.78, 5) is 0.251. The summed E-state index contributed by atoms with van der Waals surface area (Å²) in [6, 6.07) is 4.91. The van der Waals surface area contributed by atoms with Crippen molar-refractivity contribution in [3.63, 3.8) is 0 Å². The van der Waals surface area contributed by atoms with E-state index in [0.717, 1.165) is 0 Å². The van der Waals surface area contributed by atoms with Gasteiger partial charge in [-0.3, -0.25) is 0 Å². The number of piperazine rings is 1. The number of hydrogen-bond acceptors (Lipinski definition) is 4. The normalized spacial score (nSPS) is 21.3. The molecule has 1 aromatic carbocycles. The van der Waals surface area contributed by atoms with Gasteiger partial charge in [0.25, 0.3) is 0 Å². The van der Waals surface area contributed by atoms with Crippen LogP contribution in [-0.4, -0.2) is 45.5 Å². The van der Waals surface area contributed by atoms with E-state index in [1.165, 1.54) is 11.4 Å². The molecule has 1 aromatic rings. The lowest BCUT2D eigenvalue weighted by atomic mass is 10.3. The van der Waals surface area contributed by atoms with Crippen LogP contribution in [0.2, 0.25) is 0 Å². The second-order valence-corrected chi connectivity index (χ2v) is 7.18. The fourth-order valence-electron chi connectivity index (χ4n) is 2.11. The summed E-state index contributed by atoms with van der Waals surface area (Å²) in [6.45, 7) is 3.72. The minimum absolute atomic E-state index is 0.0585. The van der Waals surface area contributed by atoms with Gasteiger partial charge in [0.1, 0.15) is 10.6 Å². The van der Waals surface area contributed by atoms with E-state index in [0.29, 0.717) is 29.9 Å². The zero-order chi connectivity index (χ0) is 14.0. The van der Waals surface area contributed by atoms with E-state index in [1.807, 2.05) is 6.92 Å². The Hall–Kier alpha value is -0.630. The molecule has 19 heavy (non-hydrogen) atoms. The number of ether oxygens (including phenoxy) is 1. The summed E-state index contributed by atoms with van der Waals surface area (Å²) in [7, 11) is -1.99. The molecule has 0 aromatic heterocycles. The molecule has 106 valence electrons. The van der Waals surface area contributed by atoms with Gasteiger partial charge in [-0.25, -0.2) is 8.42 Å². The van der Waals surface area contributed by atoms with Crippen molar-refractivity contribution < 1.29 is 13.2 Å². The first-order chi connectivity index (χ1) is 8.96. The number of rotatable bonds is 3. The van der Waals surface area contributed by atoms with E-state index < -0.39 is 10.0 Å². The molecule has 1 saturated heterocycles. The Morgan fingerprint density at radius 1 is 1.47 bits per heavy atom. The van der Waals surface area contributed by atoms with E-state index in [9.17, 15) is 8.42 Å². The Bertz CT molecular complexity index is 562. The summed E-state index contributed by atoms with van der Waals surface area (Å²) in [6.07, 6.45) is 0. The molecule has 0 spiro atoms. The molecule has 1 atom stereocenters. The molecule has 1 aliphatic rings. The first-order valence-electron chi connectivity index (χ1n) is 6.03. The first-order valence-corrected chi connectivity index (χ1v) is 8.26. The third-order valence-electron chi connectivity index (χ3n) is 3.17. The number of nitrogens with zero attached hydrogens (tertiary/aromatic N) is 1. The van der Waals surface area contributed by atoms with E-state index in [-0.39, 0.29) is 10.9 Å². The number of halogens is 1. The van der Waals surface area contributed by atoms with Crippen molar-refractivity contribution >= 4 is 26.0 Å². The average Bonchev–Trinajstić information content (AvgIpc) is 2.39. The maximum absolute atomic E-state index is 12.7. The molecule has 7 heteroatoms. The standard InChI is InChI=1S/C12H17BrN2O3S/c1-9-8-14-5-6-15(9)19(16,17)12-7-10(18-2)3-4-11(12)13/h3-4,7,9,14H,5-6,8H2,1-2H3. The fourth-order valence-corrected chi connectivity index (χ4v) is 4.69. The molecule has 1 aliphatic heterocycles. The molecule has 2 rings (SSSR count). The zero-order valence-corrected chi connectivity index (χ0v) is 13.3. The molecular formula is C12H17BrN2O3S. The van der Waals surface area contributed by atoms with Crippen LogP contribution in [0.1, 0.15) is 6.92 Å². The third-order valence-corrected chi connectivity index (χ3v) is 6.17. The fraction of sp³-hybridized carbons (Fsp3) is 0.500. The maximum atomic E-state index is 12.7. The van der Waals surface area contributed by atoms with Crippen LogP contribution >= 0.6 is 15.9 Å². The Kier molecular flexibility index (Phi) is 4.50. The summed E-state index contributed by atoms with van der Waals surface area (Å²) < 4.78 is 32.6. The van der Waals surface area contributed by atoms with Gasteiger partial charge in [0.15, 0.2) is 0 Å². The van der Waals surface area contributed by atoms with E-state index in [1.54, 1.807) is 18.2 Å². The van der Waals surface area contributed by atoms with Gasteiger partial charge in [0, 0.05) is 36.2 Å². The largest absolute Gasteiger partial charge is 0.497 e. The average molecular weight is 349 g/mol. The van der Waals surface area contributed by atoms with Crippen LogP contribution in [0.3, 0.4) is 0 Å². The Labute approximate surface area is 122 Å². The molecule has 0 saturated carbocycles. The summed E-state index contributed by atoms with van der Waals surface area (Å²) >= 11 is 3.30. The van der Waals surface area contributed by atoms with Crippen molar-refractivity contribution in [3.05, 3.63) is 22.7 Å². The molecule has 1 N–H and O–H groups in total. The van der Waals surface area contributed by atoms with Gasteiger partial charge in [0.05, 0.1) is 7.11 Å². The van der Waals surface area contributed by atoms with Gasteiger partial charge in [-0.2, -0.15) is 4.31 Å². The van der Waals surface area contributed by atoms with Gasteiger partial charge in [0.2, 0.25) is 10.0 Å². The van der Waals surface area contributed by atoms with Crippen LogP contribution in [-0.2, 0) is 10.0 Å². The highest BCUT2D eigenvalue weighted by Gasteiger charge is 2.32. The van der Waals surface area contributed by atoms with E-state index in [4.69, 9.17) is 4.74 Å². The molecule has 0 amide bonds. The predicted octanol–water partition coefficient (Wildman–Crippen LogP) is 1.44. The molecule has 0 radical (unpaired) electrons. The maximum Gasteiger partial charge on any atom is 0.244 e.